The first-order valence-corrected chi connectivity index (χ1v) is 9.47. The van der Waals surface area contributed by atoms with Crippen LogP contribution in [-0.2, 0) is 4.79 Å². The average Bonchev–Trinajstić information content (AvgIpc) is 3.01. The van der Waals surface area contributed by atoms with E-state index in [1.165, 1.54) is 10.3 Å². The maximum atomic E-state index is 11.6. The van der Waals surface area contributed by atoms with Crippen molar-refractivity contribution >= 4 is 32.6 Å². The molecule has 1 N–H and O–H groups in total. The van der Waals surface area contributed by atoms with Crippen LogP contribution in [0.1, 0.15) is 19.4 Å². The Morgan fingerprint density at radius 3 is 2.71 bits per heavy atom. The zero-order valence-corrected chi connectivity index (χ0v) is 15.5. The van der Waals surface area contributed by atoms with E-state index >= 15 is 0 Å². The van der Waals surface area contributed by atoms with Crippen LogP contribution in [0.4, 0.5) is 5.13 Å². The summed E-state index contributed by atoms with van der Waals surface area (Å²) in [6, 6.07) is 6.37. The summed E-state index contributed by atoms with van der Waals surface area (Å²) in [6.07, 6.45) is 0. The maximum Gasteiger partial charge on any atom is 0.222 e. The molecule has 0 aliphatic carbocycles. The summed E-state index contributed by atoms with van der Waals surface area (Å²) in [5, 5.41) is 4.12. The summed E-state index contributed by atoms with van der Waals surface area (Å²) in [6.45, 7) is 11.7. The number of carbonyl (C=O) groups excluding carboxylic acids is 1. The zero-order chi connectivity index (χ0) is 17.1. The van der Waals surface area contributed by atoms with Gasteiger partial charge in [0, 0.05) is 45.2 Å². The number of hydrogen-bond donors (Lipinski definition) is 1. The third-order valence-corrected chi connectivity index (χ3v) is 5.59. The molecule has 130 valence electrons. The fourth-order valence-electron chi connectivity index (χ4n) is 2.91. The van der Waals surface area contributed by atoms with Crippen LogP contribution >= 0.6 is 11.3 Å². The molecule has 24 heavy (non-hydrogen) atoms. The third-order valence-electron chi connectivity index (χ3n) is 4.50. The zero-order valence-electron chi connectivity index (χ0n) is 14.7. The second-order valence-electron chi connectivity index (χ2n) is 6.69. The molecule has 0 radical (unpaired) electrons. The lowest BCUT2D eigenvalue weighted by Gasteiger charge is -2.34. The van der Waals surface area contributed by atoms with E-state index in [1.54, 1.807) is 11.3 Å². The molecular formula is C18H26N4OS. The molecule has 1 aliphatic rings. The molecule has 0 saturated carbocycles. The molecule has 2 aromatic rings. The molecule has 1 aromatic carbocycles. The number of nitrogens with one attached hydrogen (secondary N) is 1. The van der Waals surface area contributed by atoms with Crippen LogP contribution < -0.4 is 10.2 Å². The molecule has 0 spiro atoms. The summed E-state index contributed by atoms with van der Waals surface area (Å²) in [5.41, 5.74) is 2.38. The van der Waals surface area contributed by atoms with Gasteiger partial charge in [-0.25, -0.2) is 4.98 Å². The predicted molar refractivity (Wildman–Crippen MR) is 101 cm³/mol. The number of hydrogen-bond acceptors (Lipinski definition) is 5. The fraction of sp³-hybridized carbons (Fsp3) is 0.556. The monoisotopic (exact) mass is 346 g/mol. The quantitative estimate of drug-likeness (QED) is 0.904. The highest BCUT2D eigenvalue weighted by Gasteiger charge is 2.20. The number of carbonyl (C=O) groups is 1. The number of rotatable bonds is 5. The summed E-state index contributed by atoms with van der Waals surface area (Å²) < 4.78 is 1.27. The number of piperazine rings is 1. The number of thiazole rings is 1. The Kier molecular flexibility index (Phi) is 5.36. The first-order valence-electron chi connectivity index (χ1n) is 8.66. The summed E-state index contributed by atoms with van der Waals surface area (Å²) in [7, 11) is 0. The minimum Gasteiger partial charge on any atom is -0.355 e. The Hall–Kier alpha value is -1.66. The lowest BCUT2D eigenvalue weighted by Crippen LogP contribution is -2.48. The third kappa shape index (κ3) is 3.87. The van der Waals surface area contributed by atoms with Crippen LogP contribution in [-0.4, -0.2) is 55.1 Å². The van der Waals surface area contributed by atoms with Gasteiger partial charge >= 0.3 is 0 Å². The van der Waals surface area contributed by atoms with E-state index < -0.39 is 0 Å². The van der Waals surface area contributed by atoms with E-state index in [-0.39, 0.29) is 11.8 Å². The van der Waals surface area contributed by atoms with Crippen LogP contribution in [0.25, 0.3) is 10.2 Å². The minimum atomic E-state index is 0.0596. The van der Waals surface area contributed by atoms with Crippen molar-refractivity contribution in [1.29, 1.82) is 0 Å². The molecule has 3 rings (SSSR count). The minimum absolute atomic E-state index is 0.0596. The van der Waals surface area contributed by atoms with Gasteiger partial charge in [0.25, 0.3) is 0 Å². The Morgan fingerprint density at radius 2 is 2.04 bits per heavy atom. The number of fused-ring (bicyclic) bond motifs is 1. The van der Waals surface area contributed by atoms with Crippen molar-refractivity contribution in [2.45, 2.75) is 20.8 Å². The van der Waals surface area contributed by atoms with Crippen molar-refractivity contribution in [3.05, 3.63) is 23.8 Å². The van der Waals surface area contributed by atoms with E-state index in [4.69, 9.17) is 4.98 Å². The molecule has 0 bridgehead atoms. The molecule has 0 unspecified atom stereocenters. The number of aromatic nitrogens is 1. The molecule has 1 fully saturated rings. The van der Waals surface area contributed by atoms with Gasteiger partial charge in [-0.05, 0) is 18.6 Å². The topological polar surface area (TPSA) is 48.5 Å². The van der Waals surface area contributed by atoms with Crippen LogP contribution in [0.15, 0.2) is 18.2 Å². The van der Waals surface area contributed by atoms with E-state index in [1.807, 2.05) is 13.8 Å². The molecule has 1 saturated heterocycles. The van der Waals surface area contributed by atoms with E-state index in [0.717, 1.165) is 49.9 Å². The highest BCUT2D eigenvalue weighted by Crippen LogP contribution is 2.30. The van der Waals surface area contributed by atoms with Gasteiger partial charge in [-0.1, -0.05) is 37.3 Å². The Bertz CT molecular complexity index is 704. The summed E-state index contributed by atoms with van der Waals surface area (Å²) >= 11 is 1.78. The predicted octanol–water partition coefficient (Wildman–Crippen LogP) is 2.50. The highest BCUT2D eigenvalue weighted by atomic mass is 32.1. The maximum absolute atomic E-state index is 11.6. The molecule has 5 nitrogen and oxygen atoms in total. The molecule has 1 aliphatic heterocycles. The van der Waals surface area contributed by atoms with Crippen LogP contribution in [0.2, 0.25) is 0 Å². The van der Waals surface area contributed by atoms with Crippen molar-refractivity contribution in [3.63, 3.8) is 0 Å². The molecule has 2 heterocycles. The Labute approximate surface area is 147 Å². The Morgan fingerprint density at radius 1 is 1.29 bits per heavy atom. The number of para-hydroxylation sites is 1. The standard InChI is InChI=1S/C18H26N4OS/c1-13(2)17(23)19-7-8-21-9-11-22(12-10-21)18-20-16-14(3)5-4-6-15(16)24-18/h4-6,13H,7-12H2,1-3H3,(H,19,23). The number of benzene rings is 1. The molecule has 6 heteroatoms. The first kappa shape index (κ1) is 17.2. The first-order chi connectivity index (χ1) is 11.5. The van der Waals surface area contributed by atoms with Gasteiger partial charge in [0.2, 0.25) is 5.91 Å². The fourth-order valence-corrected chi connectivity index (χ4v) is 4.01. The second kappa shape index (κ2) is 7.49. The van der Waals surface area contributed by atoms with E-state index in [0.29, 0.717) is 0 Å². The van der Waals surface area contributed by atoms with Gasteiger partial charge < -0.3 is 10.2 Å². The van der Waals surface area contributed by atoms with Gasteiger partial charge in [-0.15, -0.1) is 0 Å². The Balaban J connectivity index is 1.51. The number of nitrogens with zero attached hydrogens (tertiary/aromatic N) is 3. The second-order valence-corrected chi connectivity index (χ2v) is 7.70. The summed E-state index contributed by atoms with van der Waals surface area (Å²) in [4.78, 5) is 21.2. The van der Waals surface area contributed by atoms with Crippen molar-refractivity contribution < 1.29 is 4.79 Å². The van der Waals surface area contributed by atoms with Gasteiger partial charge in [-0.3, -0.25) is 9.69 Å². The lowest BCUT2D eigenvalue weighted by molar-refractivity contribution is -0.124. The van der Waals surface area contributed by atoms with Gasteiger partial charge in [0.05, 0.1) is 10.2 Å². The van der Waals surface area contributed by atoms with Crippen LogP contribution in [0, 0.1) is 12.8 Å². The van der Waals surface area contributed by atoms with E-state index in [9.17, 15) is 4.79 Å². The molecular weight excluding hydrogens is 320 g/mol. The van der Waals surface area contributed by atoms with Crippen molar-refractivity contribution in [1.82, 2.24) is 15.2 Å². The highest BCUT2D eigenvalue weighted by molar-refractivity contribution is 7.22. The lowest BCUT2D eigenvalue weighted by atomic mass is 10.2. The smallest absolute Gasteiger partial charge is 0.222 e. The SMILES string of the molecule is Cc1cccc2sc(N3CCN(CCNC(=O)C(C)C)CC3)nc12. The normalized spacial score (nSPS) is 16.1. The van der Waals surface area contributed by atoms with E-state index in [2.05, 4.69) is 40.2 Å². The van der Waals surface area contributed by atoms with Crippen molar-refractivity contribution in [3.8, 4) is 0 Å². The average molecular weight is 347 g/mol. The van der Waals surface area contributed by atoms with Crippen molar-refractivity contribution in [2.24, 2.45) is 5.92 Å². The van der Waals surface area contributed by atoms with Gasteiger partial charge in [-0.2, -0.15) is 0 Å². The molecule has 1 aromatic heterocycles. The van der Waals surface area contributed by atoms with Gasteiger partial charge in [0.15, 0.2) is 5.13 Å². The largest absolute Gasteiger partial charge is 0.355 e. The van der Waals surface area contributed by atoms with Gasteiger partial charge in [0.1, 0.15) is 0 Å². The van der Waals surface area contributed by atoms with Crippen LogP contribution in [0.3, 0.4) is 0 Å². The number of anilines is 1. The molecule has 0 atom stereocenters. The number of amides is 1. The molecule has 1 amide bonds. The van der Waals surface area contributed by atoms with Crippen molar-refractivity contribution in [2.75, 3.05) is 44.2 Å². The summed E-state index contributed by atoms with van der Waals surface area (Å²) in [5.74, 6) is 0.197. The van der Waals surface area contributed by atoms with Crippen LogP contribution in [0.5, 0.6) is 0 Å². The number of aryl methyl sites for hydroxylation is 1.